The molecule has 0 heterocycles. The minimum atomic E-state index is -0.371. The molecule has 1 atom stereocenters. The van der Waals surface area contributed by atoms with E-state index in [0.717, 1.165) is 30.4 Å². The summed E-state index contributed by atoms with van der Waals surface area (Å²) < 4.78 is 0. The van der Waals surface area contributed by atoms with Crippen molar-refractivity contribution >= 4 is 5.91 Å². The average Bonchev–Trinajstić information content (AvgIpc) is 2.34. The Kier molecular flexibility index (Phi) is 5.70. The topological polar surface area (TPSA) is 49.3 Å². The molecule has 1 amide bonds. The van der Waals surface area contributed by atoms with Crippen molar-refractivity contribution in [2.24, 2.45) is 0 Å². The first-order valence-corrected chi connectivity index (χ1v) is 6.14. The molecule has 0 fully saturated rings. The fourth-order valence-electron chi connectivity index (χ4n) is 1.65. The van der Waals surface area contributed by atoms with Gasteiger partial charge in [-0.1, -0.05) is 44.0 Å². The lowest BCUT2D eigenvalue weighted by Crippen LogP contribution is -2.18. The van der Waals surface area contributed by atoms with Crippen molar-refractivity contribution in [3.05, 3.63) is 35.4 Å². The molecule has 0 saturated carbocycles. The van der Waals surface area contributed by atoms with Crippen LogP contribution in [0.2, 0.25) is 0 Å². The van der Waals surface area contributed by atoms with Crippen molar-refractivity contribution < 1.29 is 9.90 Å². The quantitative estimate of drug-likeness (QED) is 0.796. The Morgan fingerprint density at radius 3 is 2.53 bits per heavy atom. The molecule has 1 aromatic rings. The lowest BCUT2D eigenvalue weighted by molar-refractivity contribution is -0.119. The number of benzene rings is 1. The number of unbranched alkanes of at least 4 members (excludes halogenated alkanes) is 1. The van der Waals surface area contributed by atoms with Crippen molar-refractivity contribution in [2.45, 2.75) is 45.8 Å². The van der Waals surface area contributed by atoms with Crippen LogP contribution in [0, 0.1) is 0 Å². The summed E-state index contributed by atoms with van der Waals surface area (Å²) in [5, 5.41) is 12.6. The van der Waals surface area contributed by atoms with Crippen LogP contribution in [0.1, 0.15) is 50.3 Å². The minimum Gasteiger partial charge on any atom is -0.388 e. The summed E-state index contributed by atoms with van der Waals surface area (Å²) in [4.78, 5) is 10.8. The third-order valence-electron chi connectivity index (χ3n) is 2.74. The molecule has 1 aromatic carbocycles. The molecule has 94 valence electrons. The van der Waals surface area contributed by atoms with Crippen LogP contribution < -0.4 is 5.32 Å². The molecule has 1 unspecified atom stereocenters. The van der Waals surface area contributed by atoms with Gasteiger partial charge < -0.3 is 10.4 Å². The number of aliphatic hydroxyl groups excluding tert-OH is 1. The van der Waals surface area contributed by atoms with Crippen molar-refractivity contribution in [3.63, 3.8) is 0 Å². The zero-order valence-corrected chi connectivity index (χ0v) is 10.6. The lowest BCUT2D eigenvalue weighted by Gasteiger charge is -2.11. The highest BCUT2D eigenvalue weighted by atomic mass is 16.3. The maximum Gasteiger partial charge on any atom is 0.217 e. The summed E-state index contributed by atoms with van der Waals surface area (Å²) >= 11 is 0. The van der Waals surface area contributed by atoms with E-state index in [9.17, 15) is 9.90 Å². The highest BCUT2D eigenvalue weighted by molar-refractivity contribution is 5.72. The van der Waals surface area contributed by atoms with E-state index >= 15 is 0 Å². The van der Waals surface area contributed by atoms with Crippen LogP contribution in [0.3, 0.4) is 0 Å². The Bertz CT molecular complexity index is 346. The van der Waals surface area contributed by atoms with Crippen molar-refractivity contribution in [1.29, 1.82) is 0 Å². The molecule has 0 radical (unpaired) electrons. The van der Waals surface area contributed by atoms with Gasteiger partial charge in [-0.05, 0) is 17.5 Å². The lowest BCUT2D eigenvalue weighted by atomic mass is 10.0. The number of rotatable bonds is 6. The van der Waals surface area contributed by atoms with Crippen molar-refractivity contribution in [2.75, 3.05) is 0 Å². The Hall–Kier alpha value is -1.35. The highest BCUT2D eigenvalue weighted by Crippen LogP contribution is 2.19. The van der Waals surface area contributed by atoms with E-state index in [1.807, 2.05) is 24.3 Å². The first kappa shape index (κ1) is 13.7. The van der Waals surface area contributed by atoms with Crippen molar-refractivity contribution in [3.8, 4) is 0 Å². The molecule has 3 heteroatoms. The Labute approximate surface area is 103 Å². The SMILES string of the molecule is CCCCC(O)c1ccc(CNC(C)=O)cc1. The molecule has 0 aliphatic carbocycles. The average molecular weight is 235 g/mol. The third kappa shape index (κ3) is 5.00. The van der Waals surface area contributed by atoms with Gasteiger partial charge in [-0.25, -0.2) is 0 Å². The molecule has 2 N–H and O–H groups in total. The Morgan fingerprint density at radius 1 is 1.35 bits per heavy atom. The van der Waals surface area contributed by atoms with Crippen LogP contribution in [-0.2, 0) is 11.3 Å². The number of nitrogens with one attached hydrogen (secondary N) is 1. The van der Waals surface area contributed by atoms with Crippen LogP contribution in [-0.4, -0.2) is 11.0 Å². The molecule has 0 spiro atoms. The smallest absolute Gasteiger partial charge is 0.217 e. The normalized spacial score (nSPS) is 12.2. The summed E-state index contributed by atoms with van der Waals surface area (Å²) in [6, 6.07) is 7.75. The number of amides is 1. The van der Waals surface area contributed by atoms with E-state index in [-0.39, 0.29) is 12.0 Å². The summed E-state index contributed by atoms with van der Waals surface area (Å²) in [6.07, 6.45) is 2.57. The summed E-state index contributed by atoms with van der Waals surface area (Å²) in [7, 11) is 0. The van der Waals surface area contributed by atoms with Gasteiger partial charge >= 0.3 is 0 Å². The van der Waals surface area contributed by atoms with E-state index in [4.69, 9.17) is 0 Å². The number of aliphatic hydroxyl groups is 1. The molecule has 0 aliphatic rings. The van der Waals surface area contributed by atoms with Gasteiger partial charge in [-0.2, -0.15) is 0 Å². The number of hydrogen-bond acceptors (Lipinski definition) is 2. The second-order valence-corrected chi connectivity index (χ2v) is 4.31. The van der Waals surface area contributed by atoms with Gasteiger partial charge in [0.1, 0.15) is 0 Å². The van der Waals surface area contributed by atoms with Gasteiger partial charge in [0.25, 0.3) is 0 Å². The molecule has 17 heavy (non-hydrogen) atoms. The molecule has 1 rings (SSSR count). The van der Waals surface area contributed by atoms with E-state index in [1.165, 1.54) is 6.92 Å². The summed E-state index contributed by atoms with van der Waals surface area (Å²) in [5.41, 5.74) is 2.00. The highest BCUT2D eigenvalue weighted by Gasteiger charge is 2.06. The largest absolute Gasteiger partial charge is 0.388 e. The standard InChI is InChI=1S/C14H21NO2/c1-3-4-5-14(17)13-8-6-12(7-9-13)10-15-11(2)16/h6-9,14,17H,3-5,10H2,1-2H3,(H,15,16). The van der Waals surface area contributed by atoms with Gasteiger partial charge in [0, 0.05) is 13.5 Å². The van der Waals surface area contributed by atoms with Crippen molar-refractivity contribution in [1.82, 2.24) is 5.32 Å². The maximum atomic E-state index is 10.8. The molecular formula is C14H21NO2. The zero-order valence-electron chi connectivity index (χ0n) is 10.6. The predicted molar refractivity (Wildman–Crippen MR) is 68.4 cm³/mol. The second-order valence-electron chi connectivity index (χ2n) is 4.31. The number of carbonyl (C=O) groups is 1. The summed E-state index contributed by atoms with van der Waals surface area (Å²) in [6.45, 7) is 4.16. The molecule has 0 bridgehead atoms. The Morgan fingerprint density at radius 2 is 2.00 bits per heavy atom. The third-order valence-corrected chi connectivity index (χ3v) is 2.74. The van der Waals surface area contributed by atoms with Crippen LogP contribution in [0.15, 0.2) is 24.3 Å². The van der Waals surface area contributed by atoms with Gasteiger partial charge in [0.15, 0.2) is 0 Å². The molecule has 3 nitrogen and oxygen atoms in total. The van der Waals surface area contributed by atoms with Gasteiger partial charge in [-0.15, -0.1) is 0 Å². The van der Waals surface area contributed by atoms with E-state index < -0.39 is 0 Å². The minimum absolute atomic E-state index is 0.0305. The molecule has 0 saturated heterocycles. The number of carbonyl (C=O) groups excluding carboxylic acids is 1. The molecule has 0 aliphatic heterocycles. The first-order chi connectivity index (χ1) is 8.13. The van der Waals surface area contributed by atoms with E-state index in [1.54, 1.807) is 0 Å². The van der Waals surface area contributed by atoms with Crippen LogP contribution in [0.25, 0.3) is 0 Å². The van der Waals surface area contributed by atoms with E-state index in [0.29, 0.717) is 6.54 Å². The van der Waals surface area contributed by atoms with Crippen LogP contribution in [0.5, 0.6) is 0 Å². The molecule has 0 aromatic heterocycles. The van der Waals surface area contributed by atoms with Crippen LogP contribution in [0.4, 0.5) is 0 Å². The monoisotopic (exact) mass is 235 g/mol. The maximum absolute atomic E-state index is 10.8. The summed E-state index contributed by atoms with van der Waals surface area (Å²) in [5.74, 6) is -0.0305. The van der Waals surface area contributed by atoms with Gasteiger partial charge in [0.05, 0.1) is 6.10 Å². The van der Waals surface area contributed by atoms with E-state index in [2.05, 4.69) is 12.2 Å². The molecular weight excluding hydrogens is 214 g/mol. The second kappa shape index (κ2) is 7.07. The fraction of sp³-hybridized carbons (Fsp3) is 0.500. The fourth-order valence-corrected chi connectivity index (χ4v) is 1.65. The zero-order chi connectivity index (χ0) is 12.7. The van der Waals surface area contributed by atoms with Gasteiger partial charge in [-0.3, -0.25) is 4.79 Å². The van der Waals surface area contributed by atoms with Crippen LogP contribution >= 0.6 is 0 Å². The number of hydrogen-bond donors (Lipinski definition) is 2. The van der Waals surface area contributed by atoms with Gasteiger partial charge in [0.2, 0.25) is 5.91 Å². The Balaban J connectivity index is 2.51. The first-order valence-electron chi connectivity index (χ1n) is 6.14. The predicted octanol–water partition coefficient (Wildman–Crippen LogP) is 2.55.